The molecule has 1 amide bonds. The Hall–Kier alpha value is -3.71. The number of carbonyl (C=O) groups excluding carboxylic acids is 1. The zero-order chi connectivity index (χ0) is 25.8. The molecule has 5 rings (SSSR count). The third kappa shape index (κ3) is 5.67. The van der Waals surface area contributed by atoms with Crippen molar-refractivity contribution in [3.05, 3.63) is 82.8 Å². The highest BCUT2D eigenvalue weighted by molar-refractivity contribution is 6.31. The summed E-state index contributed by atoms with van der Waals surface area (Å²) >= 11 is 6.26. The van der Waals surface area contributed by atoms with E-state index in [1.807, 2.05) is 53.4 Å². The Morgan fingerprint density at radius 3 is 2.59 bits per heavy atom. The van der Waals surface area contributed by atoms with Gasteiger partial charge in [-0.3, -0.25) is 4.79 Å². The van der Waals surface area contributed by atoms with Gasteiger partial charge in [-0.25, -0.2) is 4.98 Å². The minimum absolute atomic E-state index is 0.0495. The second-order valence-electron chi connectivity index (χ2n) is 9.19. The molecule has 192 valence electrons. The van der Waals surface area contributed by atoms with Gasteiger partial charge in [-0.2, -0.15) is 0 Å². The number of benzene rings is 2. The topological polar surface area (TPSA) is 68.0 Å². The van der Waals surface area contributed by atoms with E-state index in [0.717, 1.165) is 53.8 Å². The molecule has 0 unspecified atom stereocenters. The number of pyridine rings is 1. The summed E-state index contributed by atoms with van der Waals surface area (Å²) in [5.41, 5.74) is 2.61. The number of rotatable bonds is 9. The van der Waals surface area contributed by atoms with Crippen molar-refractivity contribution < 1.29 is 18.7 Å². The Labute approximate surface area is 221 Å². The lowest BCUT2D eigenvalue weighted by molar-refractivity contribution is -0.132. The molecule has 3 heterocycles. The number of furan rings is 1. The van der Waals surface area contributed by atoms with E-state index in [1.54, 1.807) is 20.5 Å². The zero-order valence-electron chi connectivity index (χ0n) is 21.1. The van der Waals surface area contributed by atoms with E-state index in [2.05, 4.69) is 11.0 Å². The average molecular weight is 520 g/mol. The van der Waals surface area contributed by atoms with E-state index in [1.165, 1.54) is 0 Å². The lowest BCUT2D eigenvalue weighted by Gasteiger charge is -2.26. The second-order valence-corrected chi connectivity index (χ2v) is 9.62. The molecule has 0 spiro atoms. The first-order valence-corrected chi connectivity index (χ1v) is 12.8. The monoisotopic (exact) mass is 519 g/mol. The van der Waals surface area contributed by atoms with Gasteiger partial charge in [-0.15, -0.1) is 0 Å². The van der Waals surface area contributed by atoms with Crippen LogP contribution in [0.2, 0.25) is 5.02 Å². The summed E-state index contributed by atoms with van der Waals surface area (Å²) < 4.78 is 16.5. The third-order valence-corrected chi connectivity index (χ3v) is 6.95. The van der Waals surface area contributed by atoms with E-state index in [-0.39, 0.29) is 12.3 Å². The minimum atomic E-state index is -0.0495. The van der Waals surface area contributed by atoms with E-state index >= 15 is 0 Å². The van der Waals surface area contributed by atoms with Crippen molar-refractivity contribution in [1.29, 1.82) is 0 Å². The first-order chi connectivity index (χ1) is 18.0. The van der Waals surface area contributed by atoms with Crippen LogP contribution in [0.1, 0.15) is 29.7 Å². The predicted octanol–water partition coefficient (Wildman–Crippen LogP) is 5.87. The van der Waals surface area contributed by atoms with Crippen LogP contribution in [0.25, 0.3) is 10.9 Å². The van der Waals surface area contributed by atoms with Gasteiger partial charge in [0.15, 0.2) is 0 Å². The Morgan fingerprint density at radius 2 is 1.86 bits per heavy atom. The van der Waals surface area contributed by atoms with Crippen LogP contribution >= 0.6 is 11.6 Å². The van der Waals surface area contributed by atoms with Crippen LogP contribution < -0.4 is 14.4 Å². The quantitative estimate of drug-likeness (QED) is 0.275. The first kappa shape index (κ1) is 25.0. The number of aromatic nitrogens is 1. The molecule has 37 heavy (non-hydrogen) atoms. The fourth-order valence-corrected chi connectivity index (χ4v) is 4.98. The summed E-state index contributed by atoms with van der Waals surface area (Å²) in [6.07, 6.45) is 4.04. The SMILES string of the molecule is COc1ccc(OC)c(CC(=O)N(Cc2ccco2)Cc2cc3ccc(Cl)cc3nc2N2CCCC2)c1. The molecule has 1 aliphatic rings. The molecule has 0 N–H and O–H groups in total. The fraction of sp³-hybridized carbons (Fsp3) is 0.310. The lowest BCUT2D eigenvalue weighted by Crippen LogP contribution is -2.32. The van der Waals surface area contributed by atoms with Crippen LogP contribution in [0.4, 0.5) is 5.82 Å². The van der Waals surface area contributed by atoms with Gasteiger partial charge in [0.1, 0.15) is 23.1 Å². The molecule has 0 bridgehead atoms. The van der Waals surface area contributed by atoms with Crippen LogP contribution in [0, 0.1) is 0 Å². The number of nitrogens with zero attached hydrogens (tertiary/aromatic N) is 3. The Balaban J connectivity index is 1.51. The van der Waals surface area contributed by atoms with E-state index in [0.29, 0.717) is 35.4 Å². The molecule has 1 fully saturated rings. The van der Waals surface area contributed by atoms with Crippen LogP contribution in [0.5, 0.6) is 11.5 Å². The molecule has 4 aromatic rings. The van der Waals surface area contributed by atoms with Gasteiger partial charge in [-0.05, 0) is 61.4 Å². The van der Waals surface area contributed by atoms with Gasteiger partial charge in [-0.1, -0.05) is 17.7 Å². The fourth-order valence-electron chi connectivity index (χ4n) is 4.82. The van der Waals surface area contributed by atoms with E-state index < -0.39 is 0 Å². The molecule has 2 aromatic carbocycles. The summed E-state index contributed by atoms with van der Waals surface area (Å²) in [4.78, 5) is 22.9. The van der Waals surface area contributed by atoms with Crippen LogP contribution in [-0.4, -0.2) is 43.1 Å². The third-order valence-electron chi connectivity index (χ3n) is 6.71. The van der Waals surface area contributed by atoms with Gasteiger partial charge < -0.3 is 23.7 Å². The number of carbonyl (C=O) groups is 1. The number of amides is 1. The maximum Gasteiger partial charge on any atom is 0.227 e. The van der Waals surface area contributed by atoms with Crippen LogP contribution in [0.15, 0.2) is 65.3 Å². The van der Waals surface area contributed by atoms with Gasteiger partial charge in [0.05, 0.1) is 39.0 Å². The first-order valence-electron chi connectivity index (χ1n) is 12.4. The molecule has 7 nitrogen and oxygen atoms in total. The van der Waals surface area contributed by atoms with Crippen molar-refractivity contribution in [3.8, 4) is 11.5 Å². The smallest absolute Gasteiger partial charge is 0.227 e. The van der Waals surface area contributed by atoms with E-state index in [9.17, 15) is 4.79 Å². The lowest BCUT2D eigenvalue weighted by atomic mass is 10.1. The molecule has 0 radical (unpaired) electrons. The predicted molar refractivity (Wildman–Crippen MR) is 144 cm³/mol. The highest BCUT2D eigenvalue weighted by atomic mass is 35.5. The number of fused-ring (bicyclic) bond motifs is 1. The normalized spacial score (nSPS) is 13.2. The van der Waals surface area contributed by atoms with Crippen LogP contribution in [0.3, 0.4) is 0 Å². The summed E-state index contributed by atoms with van der Waals surface area (Å²) in [6, 6.07) is 17.1. The van der Waals surface area contributed by atoms with Crippen molar-refractivity contribution in [1.82, 2.24) is 9.88 Å². The number of halogens is 1. The number of hydrogen-bond acceptors (Lipinski definition) is 6. The van der Waals surface area contributed by atoms with Crippen molar-refractivity contribution in [3.63, 3.8) is 0 Å². The minimum Gasteiger partial charge on any atom is -0.497 e. The van der Waals surface area contributed by atoms with Crippen molar-refractivity contribution in [2.45, 2.75) is 32.4 Å². The summed E-state index contributed by atoms with van der Waals surface area (Å²) in [6.45, 7) is 2.62. The van der Waals surface area contributed by atoms with Gasteiger partial charge in [0.25, 0.3) is 0 Å². The molecular formula is C29H30ClN3O4. The zero-order valence-corrected chi connectivity index (χ0v) is 21.8. The Morgan fingerprint density at radius 1 is 1.03 bits per heavy atom. The van der Waals surface area contributed by atoms with Crippen LogP contribution in [-0.2, 0) is 24.3 Å². The molecule has 0 atom stereocenters. The summed E-state index contributed by atoms with van der Waals surface area (Å²) in [5, 5.41) is 1.64. The standard InChI is InChI=1S/C29H30ClN3O4/c1-35-24-9-10-27(36-2)21(15-24)16-28(34)33(19-25-6-5-13-37-25)18-22-14-20-7-8-23(30)17-26(20)31-29(22)32-11-3-4-12-32/h5-10,13-15,17H,3-4,11-12,16,18-19H2,1-2H3. The maximum absolute atomic E-state index is 13.8. The molecule has 1 saturated heterocycles. The second kappa shape index (κ2) is 11.1. The summed E-state index contributed by atoms with van der Waals surface area (Å²) in [5.74, 6) is 2.90. The molecule has 0 aliphatic carbocycles. The highest BCUT2D eigenvalue weighted by Crippen LogP contribution is 2.30. The van der Waals surface area contributed by atoms with Crippen molar-refractivity contribution in [2.24, 2.45) is 0 Å². The maximum atomic E-state index is 13.8. The molecule has 2 aromatic heterocycles. The van der Waals surface area contributed by atoms with Gasteiger partial charge in [0, 0.05) is 41.2 Å². The average Bonchev–Trinajstić information content (AvgIpc) is 3.63. The van der Waals surface area contributed by atoms with Gasteiger partial charge >= 0.3 is 0 Å². The summed E-state index contributed by atoms with van der Waals surface area (Å²) in [7, 11) is 3.21. The molecular weight excluding hydrogens is 490 g/mol. The molecule has 8 heteroatoms. The number of anilines is 1. The molecule has 1 aliphatic heterocycles. The van der Waals surface area contributed by atoms with Crippen molar-refractivity contribution in [2.75, 3.05) is 32.2 Å². The van der Waals surface area contributed by atoms with Gasteiger partial charge in [0.2, 0.25) is 5.91 Å². The van der Waals surface area contributed by atoms with Crippen molar-refractivity contribution >= 4 is 34.2 Å². The highest BCUT2D eigenvalue weighted by Gasteiger charge is 2.24. The Kier molecular flexibility index (Phi) is 7.51. The van der Waals surface area contributed by atoms with E-state index in [4.69, 9.17) is 30.5 Å². The number of ether oxygens (including phenoxy) is 2. The largest absolute Gasteiger partial charge is 0.497 e. The number of hydrogen-bond donors (Lipinski definition) is 0. The Bertz CT molecular complexity index is 1380. The molecule has 0 saturated carbocycles. The number of methoxy groups -OCH3 is 2.